The first-order valence-electron chi connectivity index (χ1n) is 7.55. The molecule has 0 fully saturated rings. The summed E-state index contributed by atoms with van der Waals surface area (Å²) in [6.45, 7) is 4.03. The molecule has 3 rings (SSSR count). The van der Waals surface area contributed by atoms with Crippen molar-refractivity contribution in [2.24, 2.45) is 0 Å². The van der Waals surface area contributed by atoms with Crippen LogP contribution in [-0.2, 0) is 0 Å². The van der Waals surface area contributed by atoms with Gasteiger partial charge in [-0.25, -0.2) is 4.98 Å². The van der Waals surface area contributed by atoms with Gasteiger partial charge in [-0.2, -0.15) is 5.26 Å². The summed E-state index contributed by atoms with van der Waals surface area (Å²) in [7, 11) is 0. The number of rotatable bonds is 2. The molecule has 1 aromatic heterocycles. The maximum Gasteiger partial charge on any atom is 0.142 e. The molecule has 0 aliphatic heterocycles. The van der Waals surface area contributed by atoms with Gasteiger partial charge in [-0.3, -0.25) is 0 Å². The summed E-state index contributed by atoms with van der Waals surface area (Å²) in [5, 5.41) is 9.60. The average Bonchev–Trinajstić information content (AvgIpc) is 2.58. The lowest BCUT2D eigenvalue weighted by Crippen LogP contribution is -2.03. The third kappa shape index (κ3) is 2.79. The van der Waals surface area contributed by atoms with Crippen molar-refractivity contribution in [1.82, 2.24) is 4.98 Å². The van der Waals surface area contributed by atoms with Gasteiger partial charge in [0.2, 0.25) is 0 Å². The van der Waals surface area contributed by atoms with Gasteiger partial charge in [-0.15, -0.1) is 0 Å². The lowest BCUT2D eigenvalue weighted by Gasteiger charge is -2.16. The molecule has 0 aliphatic rings. The van der Waals surface area contributed by atoms with E-state index >= 15 is 0 Å². The normalized spacial score (nSPS) is 10.4. The minimum atomic E-state index is 0.263. The Morgan fingerprint density at radius 3 is 2.33 bits per heavy atom. The van der Waals surface area contributed by atoms with Crippen LogP contribution in [0.2, 0.25) is 0 Å². The van der Waals surface area contributed by atoms with Crippen molar-refractivity contribution >= 4 is 21.7 Å². The fourth-order valence-corrected chi connectivity index (χ4v) is 3.15. The highest BCUT2D eigenvalue weighted by molar-refractivity contribution is 9.10. The molecule has 0 amide bonds. The molecule has 0 bridgehead atoms. The molecule has 0 atom stereocenters. The molecular formula is C20H16BrN3. The van der Waals surface area contributed by atoms with E-state index in [2.05, 4.69) is 27.0 Å². The molecule has 0 unspecified atom stereocenters. The Morgan fingerprint density at radius 1 is 1.04 bits per heavy atom. The number of nitrogen functional groups attached to an aromatic ring is 1. The number of halogens is 1. The minimum Gasteiger partial charge on any atom is -0.383 e. The number of nitriles is 1. The molecule has 1 heterocycles. The second-order valence-corrected chi connectivity index (χ2v) is 6.57. The van der Waals surface area contributed by atoms with E-state index in [0.29, 0.717) is 5.56 Å². The highest BCUT2D eigenvalue weighted by Gasteiger charge is 2.19. The molecule has 2 aromatic carbocycles. The van der Waals surface area contributed by atoms with E-state index in [4.69, 9.17) is 5.73 Å². The van der Waals surface area contributed by atoms with Crippen molar-refractivity contribution in [3.8, 4) is 28.5 Å². The predicted molar refractivity (Wildman–Crippen MR) is 101 cm³/mol. The van der Waals surface area contributed by atoms with Gasteiger partial charge in [0.25, 0.3) is 0 Å². The predicted octanol–water partition coefficient (Wildman–Crippen LogP) is 5.25. The number of aryl methyl sites for hydroxylation is 1. The van der Waals surface area contributed by atoms with Crippen LogP contribution in [0.5, 0.6) is 0 Å². The number of nitrogens with two attached hydrogens (primary N) is 1. The number of benzene rings is 2. The molecule has 0 radical (unpaired) electrons. The van der Waals surface area contributed by atoms with Crippen molar-refractivity contribution in [2.75, 3.05) is 5.73 Å². The SMILES string of the molecule is Cc1ccccc1-c1c(C)c(-c2ccc(Br)cc2)nc(N)c1C#N. The van der Waals surface area contributed by atoms with Gasteiger partial charge in [0, 0.05) is 15.6 Å². The van der Waals surface area contributed by atoms with E-state index in [1.165, 1.54) is 0 Å². The zero-order valence-electron chi connectivity index (χ0n) is 13.5. The number of pyridine rings is 1. The number of nitrogens with zero attached hydrogens (tertiary/aromatic N) is 2. The second kappa shape index (κ2) is 6.46. The molecule has 24 heavy (non-hydrogen) atoms. The monoisotopic (exact) mass is 377 g/mol. The molecule has 3 nitrogen and oxygen atoms in total. The van der Waals surface area contributed by atoms with E-state index in [1.807, 2.05) is 62.4 Å². The lowest BCUT2D eigenvalue weighted by atomic mass is 9.90. The Balaban J connectivity index is 2.34. The maximum atomic E-state index is 9.60. The first-order valence-corrected chi connectivity index (χ1v) is 8.34. The van der Waals surface area contributed by atoms with Gasteiger partial charge in [0.1, 0.15) is 17.5 Å². The largest absolute Gasteiger partial charge is 0.383 e. The fourth-order valence-electron chi connectivity index (χ4n) is 2.89. The molecule has 0 saturated heterocycles. The van der Waals surface area contributed by atoms with Crippen LogP contribution in [-0.4, -0.2) is 4.98 Å². The standard InChI is InChI=1S/C20H16BrN3/c1-12-5-3-4-6-16(12)18-13(2)19(24-20(23)17(18)11-22)14-7-9-15(21)10-8-14/h3-10H,1-2H3,(H2,23,24). The van der Waals surface area contributed by atoms with Gasteiger partial charge in [0.05, 0.1) is 5.69 Å². The Morgan fingerprint density at radius 2 is 1.71 bits per heavy atom. The molecule has 4 heteroatoms. The first-order chi connectivity index (χ1) is 11.5. The average molecular weight is 378 g/mol. The van der Waals surface area contributed by atoms with Crippen LogP contribution in [0.25, 0.3) is 22.4 Å². The Bertz CT molecular complexity index is 954. The summed E-state index contributed by atoms with van der Waals surface area (Å²) in [6.07, 6.45) is 0. The fraction of sp³-hybridized carbons (Fsp3) is 0.100. The van der Waals surface area contributed by atoms with E-state index in [-0.39, 0.29) is 5.82 Å². The van der Waals surface area contributed by atoms with Crippen LogP contribution in [0, 0.1) is 25.2 Å². The smallest absolute Gasteiger partial charge is 0.142 e. The number of aromatic nitrogens is 1. The topological polar surface area (TPSA) is 62.7 Å². The third-order valence-electron chi connectivity index (χ3n) is 4.11. The van der Waals surface area contributed by atoms with Crippen LogP contribution in [0.1, 0.15) is 16.7 Å². The van der Waals surface area contributed by atoms with Gasteiger partial charge < -0.3 is 5.73 Å². The number of hydrogen-bond donors (Lipinski definition) is 1. The summed E-state index contributed by atoms with van der Waals surface area (Å²) in [5.41, 5.74) is 12.3. The summed E-state index contributed by atoms with van der Waals surface area (Å²) < 4.78 is 1.00. The maximum absolute atomic E-state index is 9.60. The minimum absolute atomic E-state index is 0.263. The van der Waals surface area contributed by atoms with Crippen molar-refractivity contribution in [3.05, 3.63) is 69.7 Å². The molecule has 2 N–H and O–H groups in total. The van der Waals surface area contributed by atoms with E-state index in [0.717, 1.165) is 38.0 Å². The quantitative estimate of drug-likeness (QED) is 0.663. The van der Waals surface area contributed by atoms with Gasteiger partial charge in [0.15, 0.2) is 0 Å². The van der Waals surface area contributed by atoms with Crippen molar-refractivity contribution < 1.29 is 0 Å². The highest BCUT2D eigenvalue weighted by atomic mass is 79.9. The summed E-state index contributed by atoms with van der Waals surface area (Å²) in [5.74, 6) is 0.263. The van der Waals surface area contributed by atoms with E-state index < -0.39 is 0 Å². The Labute approximate surface area is 149 Å². The molecule has 0 aliphatic carbocycles. The second-order valence-electron chi connectivity index (χ2n) is 5.65. The van der Waals surface area contributed by atoms with Crippen LogP contribution in [0.15, 0.2) is 53.0 Å². The van der Waals surface area contributed by atoms with Crippen molar-refractivity contribution in [1.29, 1.82) is 5.26 Å². The van der Waals surface area contributed by atoms with Gasteiger partial charge in [-0.1, -0.05) is 52.3 Å². The van der Waals surface area contributed by atoms with Crippen molar-refractivity contribution in [3.63, 3.8) is 0 Å². The van der Waals surface area contributed by atoms with Crippen LogP contribution in [0.4, 0.5) is 5.82 Å². The highest BCUT2D eigenvalue weighted by Crippen LogP contribution is 2.37. The molecule has 3 aromatic rings. The summed E-state index contributed by atoms with van der Waals surface area (Å²) in [4.78, 5) is 4.50. The Kier molecular flexibility index (Phi) is 4.37. The van der Waals surface area contributed by atoms with Gasteiger partial charge >= 0.3 is 0 Å². The number of hydrogen-bond acceptors (Lipinski definition) is 3. The zero-order valence-corrected chi connectivity index (χ0v) is 15.1. The van der Waals surface area contributed by atoms with Crippen LogP contribution < -0.4 is 5.73 Å². The van der Waals surface area contributed by atoms with E-state index in [9.17, 15) is 5.26 Å². The summed E-state index contributed by atoms with van der Waals surface area (Å²) in [6, 6.07) is 18.2. The molecule has 0 saturated carbocycles. The van der Waals surface area contributed by atoms with Gasteiger partial charge in [-0.05, 0) is 42.7 Å². The lowest BCUT2D eigenvalue weighted by molar-refractivity contribution is 1.25. The first kappa shape index (κ1) is 16.2. The number of anilines is 1. The van der Waals surface area contributed by atoms with E-state index in [1.54, 1.807) is 0 Å². The Hall–Kier alpha value is -2.64. The van der Waals surface area contributed by atoms with Crippen LogP contribution >= 0.6 is 15.9 Å². The molecular weight excluding hydrogens is 362 g/mol. The third-order valence-corrected chi connectivity index (χ3v) is 4.64. The summed E-state index contributed by atoms with van der Waals surface area (Å²) >= 11 is 3.45. The molecule has 0 spiro atoms. The van der Waals surface area contributed by atoms with Crippen molar-refractivity contribution in [2.45, 2.75) is 13.8 Å². The molecule has 118 valence electrons. The zero-order chi connectivity index (χ0) is 17.3. The van der Waals surface area contributed by atoms with Crippen LogP contribution in [0.3, 0.4) is 0 Å².